The largest absolute Gasteiger partial charge is 0.477 e. The minimum Gasteiger partial charge on any atom is -0.477 e. The molecule has 0 spiro atoms. The van der Waals surface area contributed by atoms with Crippen molar-refractivity contribution < 1.29 is 18.7 Å². The third-order valence-electron chi connectivity index (χ3n) is 3.32. The van der Waals surface area contributed by atoms with Crippen molar-refractivity contribution in [2.45, 2.75) is 0 Å². The van der Waals surface area contributed by atoms with Crippen molar-refractivity contribution in [2.24, 2.45) is 0 Å². The molecule has 0 bridgehead atoms. The van der Waals surface area contributed by atoms with E-state index in [1.165, 1.54) is 24.3 Å². The molecule has 0 aliphatic heterocycles. The van der Waals surface area contributed by atoms with Gasteiger partial charge in [-0.1, -0.05) is 12.1 Å². The van der Waals surface area contributed by atoms with E-state index in [-0.39, 0.29) is 22.2 Å². The number of fused-ring (bicyclic) bond motifs is 1. The summed E-state index contributed by atoms with van der Waals surface area (Å²) >= 11 is 0. The Morgan fingerprint density at radius 2 is 1.82 bits per heavy atom. The lowest BCUT2D eigenvalue weighted by atomic mass is 10.0. The number of carbonyl (C=O) groups is 1. The maximum atomic E-state index is 13.9. The summed E-state index contributed by atoms with van der Waals surface area (Å²) in [6.07, 6.45) is 0. The quantitative estimate of drug-likeness (QED) is 0.763. The smallest absolute Gasteiger partial charge is 0.341 e. The van der Waals surface area contributed by atoms with Gasteiger partial charge < -0.3 is 10.1 Å². The van der Waals surface area contributed by atoms with E-state index in [0.29, 0.717) is 0 Å². The molecule has 0 aliphatic rings. The van der Waals surface area contributed by atoms with Crippen LogP contribution in [-0.4, -0.2) is 16.1 Å². The summed E-state index contributed by atoms with van der Waals surface area (Å²) in [6.45, 7) is 0. The van der Waals surface area contributed by atoms with E-state index >= 15 is 0 Å². The third-order valence-corrected chi connectivity index (χ3v) is 3.32. The Bertz CT molecular complexity index is 963. The molecule has 0 fully saturated rings. The van der Waals surface area contributed by atoms with Gasteiger partial charge in [-0.2, -0.15) is 0 Å². The van der Waals surface area contributed by atoms with Crippen molar-refractivity contribution in [1.29, 1.82) is 0 Å². The molecule has 1 aromatic heterocycles. The normalized spacial score (nSPS) is 10.8. The molecule has 0 aliphatic carbocycles. The molecule has 0 amide bonds. The summed E-state index contributed by atoms with van der Waals surface area (Å²) in [4.78, 5) is 26.5. The molecule has 110 valence electrons. The fraction of sp³-hybridized carbons (Fsp3) is 0. The first kappa shape index (κ1) is 13.9. The molecular weight excluding hydrogens is 292 g/mol. The zero-order chi connectivity index (χ0) is 15.9. The van der Waals surface area contributed by atoms with Crippen LogP contribution in [0.1, 0.15) is 10.4 Å². The summed E-state index contributed by atoms with van der Waals surface area (Å²) in [5, 5.41) is 9.19. The zero-order valence-corrected chi connectivity index (χ0v) is 11.1. The van der Waals surface area contributed by atoms with E-state index < -0.39 is 28.6 Å². The lowest BCUT2D eigenvalue weighted by molar-refractivity contribution is 0.0696. The predicted molar refractivity (Wildman–Crippen MR) is 76.9 cm³/mol. The second-order valence-corrected chi connectivity index (χ2v) is 4.68. The van der Waals surface area contributed by atoms with Crippen molar-refractivity contribution in [2.75, 3.05) is 0 Å². The molecule has 1 heterocycles. The van der Waals surface area contributed by atoms with Crippen LogP contribution in [0.2, 0.25) is 0 Å². The second kappa shape index (κ2) is 5.07. The molecule has 0 saturated heterocycles. The van der Waals surface area contributed by atoms with Gasteiger partial charge >= 0.3 is 5.97 Å². The molecule has 0 radical (unpaired) electrons. The number of aromatic amines is 1. The van der Waals surface area contributed by atoms with Gasteiger partial charge in [0.25, 0.3) is 0 Å². The first-order valence-electron chi connectivity index (χ1n) is 6.33. The fourth-order valence-corrected chi connectivity index (χ4v) is 2.33. The monoisotopic (exact) mass is 301 g/mol. The molecule has 0 saturated carbocycles. The number of aromatic carboxylic acids is 1. The van der Waals surface area contributed by atoms with Crippen molar-refractivity contribution in [3.63, 3.8) is 0 Å². The van der Waals surface area contributed by atoms with Crippen molar-refractivity contribution in [3.8, 4) is 11.3 Å². The van der Waals surface area contributed by atoms with Crippen molar-refractivity contribution in [3.05, 3.63) is 69.9 Å². The average Bonchev–Trinajstić information content (AvgIpc) is 2.48. The molecule has 2 aromatic carbocycles. The van der Waals surface area contributed by atoms with E-state index in [2.05, 4.69) is 4.98 Å². The molecule has 0 atom stereocenters. The lowest BCUT2D eigenvalue weighted by Gasteiger charge is -2.09. The first-order valence-corrected chi connectivity index (χ1v) is 6.33. The Morgan fingerprint density at radius 1 is 1.09 bits per heavy atom. The van der Waals surface area contributed by atoms with E-state index in [9.17, 15) is 23.5 Å². The molecule has 2 N–H and O–H groups in total. The standard InChI is InChI=1S/C16H9F2NO3/c17-8-5-6-12-10(7-8)15(20)13(16(21)22)14(19-12)9-3-1-2-4-11(9)18/h1-7H,(H,19,20)(H,21,22). The average molecular weight is 301 g/mol. The van der Waals surface area contributed by atoms with Crippen molar-refractivity contribution >= 4 is 16.9 Å². The SMILES string of the molecule is O=C(O)c1c(-c2ccccc2F)[nH]c2ccc(F)cc2c1=O. The number of H-pyrrole nitrogens is 1. The maximum Gasteiger partial charge on any atom is 0.341 e. The second-order valence-electron chi connectivity index (χ2n) is 4.68. The van der Waals surface area contributed by atoms with Crippen LogP contribution in [-0.2, 0) is 0 Å². The van der Waals surface area contributed by atoms with Gasteiger partial charge in [-0.05, 0) is 30.3 Å². The van der Waals surface area contributed by atoms with Gasteiger partial charge in [0.05, 0.1) is 5.69 Å². The molecule has 3 rings (SSSR count). The summed E-state index contributed by atoms with van der Waals surface area (Å²) in [5.41, 5.74) is -1.44. The van der Waals surface area contributed by atoms with Gasteiger partial charge in [0.2, 0.25) is 5.43 Å². The number of carboxylic acid groups (broad SMARTS) is 1. The number of hydrogen-bond donors (Lipinski definition) is 2. The van der Waals surface area contributed by atoms with Crippen LogP contribution in [0.5, 0.6) is 0 Å². The van der Waals surface area contributed by atoms with Gasteiger partial charge in [-0.15, -0.1) is 0 Å². The number of benzene rings is 2. The van der Waals surface area contributed by atoms with Crippen LogP contribution in [0.15, 0.2) is 47.3 Å². The van der Waals surface area contributed by atoms with Crippen LogP contribution in [0.25, 0.3) is 22.2 Å². The molecular formula is C16H9F2NO3. The van der Waals surface area contributed by atoms with Crippen LogP contribution >= 0.6 is 0 Å². The van der Waals surface area contributed by atoms with E-state index in [1.54, 1.807) is 0 Å². The highest BCUT2D eigenvalue weighted by molar-refractivity contribution is 5.99. The van der Waals surface area contributed by atoms with Crippen LogP contribution < -0.4 is 5.43 Å². The Balaban J connectivity index is 2.47. The number of halogens is 2. The lowest BCUT2D eigenvalue weighted by Crippen LogP contribution is -2.18. The van der Waals surface area contributed by atoms with Crippen LogP contribution in [0.3, 0.4) is 0 Å². The summed E-state index contributed by atoms with van der Waals surface area (Å²) < 4.78 is 27.2. The predicted octanol–water partition coefficient (Wildman–Crippen LogP) is 3.17. The highest BCUT2D eigenvalue weighted by Crippen LogP contribution is 2.25. The van der Waals surface area contributed by atoms with Crippen LogP contribution in [0.4, 0.5) is 8.78 Å². The molecule has 6 heteroatoms. The summed E-state index contributed by atoms with van der Waals surface area (Å²) in [7, 11) is 0. The van der Waals surface area contributed by atoms with E-state index in [4.69, 9.17) is 0 Å². The fourth-order valence-electron chi connectivity index (χ4n) is 2.33. The zero-order valence-electron chi connectivity index (χ0n) is 11.1. The van der Waals surface area contributed by atoms with Gasteiger partial charge in [0, 0.05) is 16.5 Å². The van der Waals surface area contributed by atoms with Crippen molar-refractivity contribution in [1.82, 2.24) is 4.98 Å². The highest BCUT2D eigenvalue weighted by Gasteiger charge is 2.21. The summed E-state index contributed by atoms with van der Waals surface area (Å²) in [5.74, 6) is -2.83. The number of hydrogen-bond acceptors (Lipinski definition) is 2. The number of rotatable bonds is 2. The van der Waals surface area contributed by atoms with E-state index in [0.717, 1.165) is 18.2 Å². The first-order chi connectivity index (χ1) is 10.5. The van der Waals surface area contributed by atoms with Crippen LogP contribution in [0, 0.1) is 11.6 Å². The highest BCUT2D eigenvalue weighted by atomic mass is 19.1. The summed E-state index contributed by atoms with van der Waals surface area (Å²) in [6, 6.07) is 8.89. The van der Waals surface area contributed by atoms with Gasteiger partial charge in [-0.3, -0.25) is 4.79 Å². The molecule has 0 unspecified atom stereocenters. The minimum absolute atomic E-state index is 0.0387. The van der Waals surface area contributed by atoms with Gasteiger partial charge in [0.15, 0.2) is 0 Å². The Hall–Kier alpha value is -3.02. The maximum absolute atomic E-state index is 13.9. The number of nitrogens with one attached hydrogen (secondary N) is 1. The minimum atomic E-state index is -1.51. The molecule has 3 aromatic rings. The number of carboxylic acids is 1. The molecule has 4 nitrogen and oxygen atoms in total. The topological polar surface area (TPSA) is 70.2 Å². The Kier molecular flexibility index (Phi) is 3.21. The van der Waals surface area contributed by atoms with Gasteiger partial charge in [0.1, 0.15) is 17.2 Å². The molecule has 22 heavy (non-hydrogen) atoms. The number of pyridine rings is 1. The number of aromatic nitrogens is 1. The van der Waals surface area contributed by atoms with Gasteiger partial charge in [-0.25, -0.2) is 13.6 Å². The Labute approximate surface area is 122 Å². The van der Waals surface area contributed by atoms with E-state index in [1.807, 2.05) is 0 Å². The Morgan fingerprint density at radius 3 is 2.50 bits per heavy atom. The third kappa shape index (κ3) is 2.14.